The van der Waals surface area contributed by atoms with Crippen LogP contribution in [-0.2, 0) is 0 Å². The Morgan fingerprint density at radius 3 is 1.33 bits per heavy atom. The zero-order chi connectivity index (χ0) is 21.7. The zero-order valence-electron chi connectivity index (χ0n) is 16.3. The van der Waals surface area contributed by atoms with Gasteiger partial charge in [0.25, 0.3) is 11.8 Å². The number of amides is 2. The molecular weight excluding hydrogens is 388 g/mol. The van der Waals surface area contributed by atoms with Crippen LogP contribution >= 0.6 is 0 Å². The van der Waals surface area contributed by atoms with Crippen molar-refractivity contribution in [1.29, 1.82) is 0 Å². The van der Waals surface area contributed by atoms with Gasteiger partial charge in [0.15, 0.2) is 0 Å². The molecule has 30 heavy (non-hydrogen) atoms. The molecule has 8 heteroatoms. The van der Waals surface area contributed by atoms with Crippen molar-refractivity contribution in [3.8, 4) is 23.0 Å². The molecule has 3 aromatic rings. The molecule has 3 aromatic carbocycles. The van der Waals surface area contributed by atoms with Crippen molar-refractivity contribution in [3.05, 3.63) is 71.8 Å². The van der Waals surface area contributed by atoms with Gasteiger partial charge >= 0.3 is 0 Å². The number of ether oxygens (including phenoxy) is 2. The van der Waals surface area contributed by atoms with Crippen LogP contribution in [0.1, 0.15) is 20.7 Å². The molecule has 0 heterocycles. The molecule has 154 valence electrons. The van der Waals surface area contributed by atoms with E-state index in [0.717, 1.165) is 0 Å². The van der Waals surface area contributed by atoms with Crippen molar-refractivity contribution in [3.63, 3.8) is 0 Å². The molecule has 0 spiro atoms. The van der Waals surface area contributed by atoms with Crippen LogP contribution in [0.25, 0.3) is 0 Å². The summed E-state index contributed by atoms with van der Waals surface area (Å²) in [6, 6.07) is 15.2. The van der Waals surface area contributed by atoms with Gasteiger partial charge in [-0.1, -0.05) is 0 Å². The lowest BCUT2D eigenvalue weighted by Crippen LogP contribution is -2.13. The Morgan fingerprint density at radius 1 is 0.667 bits per heavy atom. The van der Waals surface area contributed by atoms with E-state index >= 15 is 0 Å². The first kappa shape index (κ1) is 20.5. The Morgan fingerprint density at radius 2 is 1.03 bits per heavy atom. The summed E-state index contributed by atoms with van der Waals surface area (Å²) < 4.78 is 9.99. The van der Waals surface area contributed by atoms with E-state index in [2.05, 4.69) is 10.6 Å². The van der Waals surface area contributed by atoms with E-state index < -0.39 is 11.8 Å². The van der Waals surface area contributed by atoms with E-state index in [9.17, 15) is 19.8 Å². The third kappa shape index (κ3) is 4.61. The summed E-state index contributed by atoms with van der Waals surface area (Å²) in [6.45, 7) is 0. The zero-order valence-corrected chi connectivity index (χ0v) is 16.3. The van der Waals surface area contributed by atoms with Gasteiger partial charge < -0.3 is 30.3 Å². The lowest BCUT2D eigenvalue weighted by Gasteiger charge is -2.10. The van der Waals surface area contributed by atoms with E-state index in [-0.39, 0.29) is 22.6 Å². The van der Waals surface area contributed by atoms with Crippen LogP contribution in [0.4, 0.5) is 11.4 Å². The van der Waals surface area contributed by atoms with E-state index in [4.69, 9.17) is 9.47 Å². The fourth-order valence-electron chi connectivity index (χ4n) is 2.69. The molecule has 0 saturated heterocycles. The maximum atomic E-state index is 12.4. The lowest BCUT2D eigenvalue weighted by atomic mass is 10.1. The van der Waals surface area contributed by atoms with Gasteiger partial charge in [-0.2, -0.15) is 0 Å². The van der Waals surface area contributed by atoms with Crippen LogP contribution in [0.3, 0.4) is 0 Å². The summed E-state index contributed by atoms with van der Waals surface area (Å²) in [5.74, 6) is -0.505. The number of hydrogen-bond acceptors (Lipinski definition) is 6. The molecule has 4 N–H and O–H groups in total. The van der Waals surface area contributed by atoms with Crippen molar-refractivity contribution >= 4 is 23.2 Å². The van der Waals surface area contributed by atoms with Crippen molar-refractivity contribution < 1.29 is 29.3 Å². The second-order valence-corrected chi connectivity index (χ2v) is 6.25. The SMILES string of the molecule is COc1ccc(C(=O)Nc2ccc(NC(=O)c3ccc(OC)cc3O)cc2)c(O)c1. The molecule has 0 bridgehead atoms. The summed E-state index contributed by atoms with van der Waals surface area (Å²) in [6.07, 6.45) is 0. The normalized spacial score (nSPS) is 10.2. The molecule has 0 aliphatic heterocycles. The van der Waals surface area contributed by atoms with Crippen molar-refractivity contribution in [2.45, 2.75) is 0 Å². The highest BCUT2D eigenvalue weighted by Crippen LogP contribution is 2.26. The van der Waals surface area contributed by atoms with Crippen molar-refractivity contribution in [2.75, 3.05) is 24.9 Å². The topological polar surface area (TPSA) is 117 Å². The maximum absolute atomic E-state index is 12.4. The number of hydrogen-bond donors (Lipinski definition) is 4. The van der Waals surface area contributed by atoms with Gasteiger partial charge in [-0.3, -0.25) is 9.59 Å². The minimum atomic E-state index is -0.491. The summed E-state index contributed by atoms with van der Waals surface area (Å²) in [4.78, 5) is 24.7. The van der Waals surface area contributed by atoms with Gasteiger partial charge in [0.1, 0.15) is 23.0 Å². The van der Waals surface area contributed by atoms with E-state index in [0.29, 0.717) is 22.9 Å². The largest absolute Gasteiger partial charge is 0.507 e. The lowest BCUT2D eigenvalue weighted by molar-refractivity contribution is 0.101. The standard InChI is InChI=1S/C22H20N2O6/c1-29-15-7-9-17(19(25)11-15)21(27)23-13-3-5-14(6-4-13)24-22(28)18-10-8-16(30-2)12-20(18)26/h3-12,25-26H,1-2H3,(H,23,27)(H,24,28). The van der Waals surface area contributed by atoms with Crippen molar-refractivity contribution in [2.24, 2.45) is 0 Å². The number of methoxy groups -OCH3 is 2. The molecule has 0 saturated carbocycles. The molecule has 8 nitrogen and oxygen atoms in total. The number of benzene rings is 3. The van der Waals surface area contributed by atoms with Crippen LogP contribution in [-0.4, -0.2) is 36.2 Å². The number of carbonyl (C=O) groups excluding carboxylic acids is 2. The smallest absolute Gasteiger partial charge is 0.259 e. The minimum Gasteiger partial charge on any atom is -0.507 e. The Hall–Kier alpha value is -4.20. The average molecular weight is 408 g/mol. The molecule has 3 rings (SSSR count). The van der Waals surface area contributed by atoms with Gasteiger partial charge in [0.05, 0.1) is 25.3 Å². The van der Waals surface area contributed by atoms with Gasteiger partial charge in [-0.15, -0.1) is 0 Å². The van der Waals surface area contributed by atoms with Crippen LogP contribution < -0.4 is 20.1 Å². The molecule has 0 atom stereocenters. The van der Waals surface area contributed by atoms with Crippen molar-refractivity contribution in [1.82, 2.24) is 0 Å². The van der Waals surface area contributed by atoms with Gasteiger partial charge in [-0.25, -0.2) is 0 Å². The molecule has 0 aromatic heterocycles. The first-order chi connectivity index (χ1) is 14.4. The molecule has 2 amide bonds. The number of aromatic hydroxyl groups is 2. The predicted octanol–water partition coefficient (Wildman–Crippen LogP) is 3.62. The third-order valence-corrected chi connectivity index (χ3v) is 4.30. The fourth-order valence-corrected chi connectivity index (χ4v) is 2.69. The molecule has 0 aliphatic carbocycles. The third-order valence-electron chi connectivity index (χ3n) is 4.30. The van der Waals surface area contributed by atoms with E-state index in [1.807, 2.05) is 0 Å². The van der Waals surface area contributed by atoms with Crippen LogP contribution in [0.15, 0.2) is 60.7 Å². The van der Waals surface area contributed by atoms with Gasteiger partial charge in [-0.05, 0) is 48.5 Å². The van der Waals surface area contributed by atoms with Crippen LogP contribution in [0.5, 0.6) is 23.0 Å². The molecule has 0 unspecified atom stereocenters. The molecule has 0 radical (unpaired) electrons. The number of nitrogens with one attached hydrogen (secondary N) is 2. The molecular formula is C22H20N2O6. The summed E-state index contributed by atoms with van der Waals surface area (Å²) >= 11 is 0. The number of anilines is 2. The Kier molecular flexibility index (Phi) is 6.07. The highest BCUT2D eigenvalue weighted by atomic mass is 16.5. The first-order valence-electron chi connectivity index (χ1n) is 8.88. The Bertz CT molecular complexity index is 993. The number of phenolic OH excluding ortho intramolecular Hbond substituents is 2. The highest BCUT2D eigenvalue weighted by molar-refractivity contribution is 6.07. The minimum absolute atomic E-state index is 0.100. The summed E-state index contributed by atoms with van der Waals surface area (Å²) in [5, 5.41) is 25.3. The number of phenols is 2. The van der Waals surface area contributed by atoms with E-state index in [1.165, 1.54) is 38.5 Å². The van der Waals surface area contributed by atoms with Gasteiger partial charge in [0, 0.05) is 23.5 Å². The van der Waals surface area contributed by atoms with Crippen LogP contribution in [0, 0.1) is 0 Å². The Labute approximate surface area is 172 Å². The highest BCUT2D eigenvalue weighted by Gasteiger charge is 2.14. The summed E-state index contributed by atoms with van der Waals surface area (Å²) in [5.41, 5.74) is 1.15. The second kappa shape index (κ2) is 8.87. The Balaban J connectivity index is 1.66. The first-order valence-corrected chi connectivity index (χ1v) is 8.88. The van der Waals surface area contributed by atoms with Gasteiger partial charge in [0.2, 0.25) is 0 Å². The molecule has 0 fully saturated rings. The van der Waals surface area contributed by atoms with E-state index in [1.54, 1.807) is 36.4 Å². The van der Waals surface area contributed by atoms with Crippen LogP contribution in [0.2, 0.25) is 0 Å². The number of carbonyl (C=O) groups is 2. The summed E-state index contributed by atoms with van der Waals surface area (Å²) in [7, 11) is 2.93. The number of rotatable bonds is 6. The second-order valence-electron chi connectivity index (χ2n) is 6.25. The fraction of sp³-hybridized carbons (Fsp3) is 0.0909. The quantitative estimate of drug-likeness (QED) is 0.495. The average Bonchev–Trinajstić information content (AvgIpc) is 2.74. The monoisotopic (exact) mass is 408 g/mol. The predicted molar refractivity (Wildman–Crippen MR) is 112 cm³/mol. The maximum Gasteiger partial charge on any atom is 0.259 e. The molecule has 0 aliphatic rings.